The normalized spacial score (nSPS) is 37.9. The van der Waals surface area contributed by atoms with E-state index >= 15 is 0 Å². The molecule has 0 aromatic carbocycles. The number of carbonyl (C=O) groups is 1. The molecule has 0 aromatic rings. The molecule has 0 N–H and O–H groups in total. The van der Waals surface area contributed by atoms with Crippen molar-refractivity contribution in [3.05, 3.63) is 0 Å². The van der Waals surface area contributed by atoms with Gasteiger partial charge in [0.2, 0.25) is 0 Å². The van der Waals surface area contributed by atoms with Crippen molar-refractivity contribution in [2.24, 2.45) is 17.8 Å². The first kappa shape index (κ1) is 13.3. The lowest BCUT2D eigenvalue weighted by molar-refractivity contribution is -0.0466. The summed E-state index contributed by atoms with van der Waals surface area (Å²) < 4.78 is 6.04. The minimum absolute atomic E-state index is 0.0569. The van der Waals surface area contributed by atoms with Gasteiger partial charge in [-0.2, -0.15) is 0 Å². The Bertz CT molecular complexity index is 335. The van der Waals surface area contributed by atoms with Crippen LogP contribution in [0.1, 0.15) is 58.8 Å². The maximum absolute atomic E-state index is 12.2. The molecule has 2 saturated carbocycles. The Labute approximate surface area is 116 Å². The van der Waals surface area contributed by atoms with Crippen LogP contribution in [0.3, 0.4) is 0 Å². The summed E-state index contributed by atoms with van der Waals surface area (Å²) >= 11 is 0. The fourth-order valence-corrected chi connectivity index (χ4v) is 4.20. The van der Waals surface area contributed by atoms with Gasteiger partial charge in [-0.1, -0.05) is 39.5 Å². The molecular formula is C16H27NO2. The maximum atomic E-state index is 12.2. The van der Waals surface area contributed by atoms with Crippen molar-refractivity contribution < 1.29 is 9.53 Å². The highest BCUT2D eigenvalue weighted by molar-refractivity contribution is 5.69. The van der Waals surface area contributed by atoms with E-state index in [-0.39, 0.29) is 11.7 Å². The average Bonchev–Trinajstić information content (AvgIpc) is 2.65. The van der Waals surface area contributed by atoms with Crippen molar-refractivity contribution in [1.29, 1.82) is 0 Å². The average molecular weight is 265 g/mol. The lowest BCUT2D eigenvalue weighted by Crippen LogP contribution is -2.48. The number of likely N-dealkylation sites (tertiary alicyclic amines) is 1. The van der Waals surface area contributed by atoms with Gasteiger partial charge in [0.05, 0.1) is 0 Å². The van der Waals surface area contributed by atoms with Gasteiger partial charge in [0.15, 0.2) is 0 Å². The highest BCUT2D eigenvalue weighted by Crippen LogP contribution is 2.51. The van der Waals surface area contributed by atoms with Crippen molar-refractivity contribution in [1.82, 2.24) is 4.90 Å². The molecule has 3 rings (SSSR count). The third-order valence-corrected chi connectivity index (χ3v) is 5.74. The molecule has 0 aromatic heterocycles. The number of fused-ring (bicyclic) bond motifs is 1. The first-order valence-electron chi connectivity index (χ1n) is 8.09. The fraction of sp³-hybridized carbons (Fsp3) is 0.938. The maximum Gasteiger partial charge on any atom is 0.410 e. The Morgan fingerprint density at radius 2 is 1.68 bits per heavy atom. The van der Waals surface area contributed by atoms with Gasteiger partial charge < -0.3 is 9.64 Å². The number of carbonyl (C=O) groups excluding carboxylic acids is 1. The van der Waals surface area contributed by atoms with Gasteiger partial charge in [0.1, 0.15) is 5.60 Å². The van der Waals surface area contributed by atoms with Crippen LogP contribution in [0.4, 0.5) is 4.79 Å². The Morgan fingerprint density at radius 1 is 1.11 bits per heavy atom. The molecular weight excluding hydrogens is 238 g/mol. The van der Waals surface area contributed by atoms with Gasteiger partial charge in [-0.3, -0.25) is 0 Å². The van der Waals surface area contributed by atoms with Crippen molar-refractivity contribution >= 4 is 6.09 Å². The van der Waals surface area contributed by atoms with E-state index in [2.05, 4.69) is 13.8 Å². The highest BCUT2D eigenvalue weighted by Gasteiger charge is 2.50. The number of hydrogen-bond donors (Lipinski definition) is 0. The molecule has 1 saturated heterocycles. The molecule has 3 heteroatoms. The van der Waals surface area contributed by atoms with Gasteiger partial charge in [0.25, 0.3) is 0 Å². The molecule has 2 atom stereocenters. The third kappa shape index (κ3) is 2.36. The van der Waals surface area contributed by atoms with Gasteiger partial charge in [0, 0.05) is 13.1 Å². The second-order valence-electron chi connectivity index (χ2n) is 7.14. The molecule has 1 amide bonds. The minimum Gasteiger partial charge on any atom is -0.443 e. The van der Waals surface area contributed by atoms with E-state index < -0.39 is 0 Å². The fourth-order valence-electron chi connectivity index (χ4n) is 4.20. The van der Waals surface area contributed by atoms with Crippen molar-refractivity contribution in [2.75, 3.05) is 13.1 Å². The number of nitrogens with zero attached hydrogens (tertiary/aromatic N) is 1. The summed E-state index contributed by atoms with van der Waals surface area (Å²) in [5.74, 6) is 2.05. The largest absolute Gasteiger partial charge is 0.443 e. The number of rotatable bonds is 2. The molecule has 0 radical (unpaired) electrons. The molecule has 1 heterocycles. The van der Waals surface area contributed by atoms with Crippen LogP contribution < -0.4 is 0 Å². The van der Waals surface area contributed by atoms with E-state index in [1.54, 1.807) is 0 Å². The van der Waals surface area contributed by atoms with Crippen molar-refractivity contribution in [3.63, 3.8) is 0 Å². The molecule has 3 fully saturated rings. The monoisotopic (exact) mass is 265 g/mol. The van der Waals surface area contributed by atoms with Gasteiger partial charge in [-0.15, -0.1) is 0 Å². The number of amides is 1. The zero-order valence-corrected chi connectivity index (χ0v) is 12.4. The second kappa shape index (κ2) is 4.99. The van der Waals surface area contributed by atoms with E-state index in [0.29, 0.717) is 5.92 Å². The molecule has 3 aliphatic rings. The molecule has 1 aliphatic heterocycles. The van der Waals surface area contributed by atoms with Crippen LogP contribution in [-0.2, 0) is 4.74 Å². The molecule has 108 valence electrons. The summed E-state index contributed by atoms with van der Waals surface area (Å²) in [5, 5.41) is 0. The van der Waals surface area contributed by atoms with E-state index in [0.717, 1.165) is 44.2 Å². The van der Waals surface area contributed by atoms with Crippen LogP contribution in [0.25, 0.3) is 0 Å². The van der Waals surface area contributed by atoms with E-state index in [9.17, 15) is 4.79 Å². The van der Waals surface area contributed by atoms with E-state index in [4.69, 9.17) is 4.74 Å². The smallest absolute Gasteiger partial charge is 0.410 e. The van der Waals surface area contributed by atoms with Crippen LogP contribution in [-0.4, -0.2) is 29.7 Å². The predicted molar refractivity (Wildman–Crippen MR) is 74.9 cm³/mol. The standard InChI is InChI=1S/C16H27NO2/c1-12(2)16(19-15(18)17-8-5-9-17)10-13-6-3-4-7-14(13)11-16/h12-14H,3-11H2,1-2H3. The predicted octanol–water partition coefficient (Wildman–Crippen LogP) is 3.82. The van der Waals surface area contributed by atoms with Crippen LogP contribution in [0.2, 0.25) is 0 Å². The summed E-state index contributed by atoms with van der Waals surface area (Å²) in [4.78, 5) is 14.1. The van der Waals surface area contributed by atoms with Crippen LogP contribution in [0, 0.1) is 17.8 Å². The Hall–Kier alpha value is -0.730. The zero-order chi connectivity index (χ0) is 13.5. The van der Waals surface area contributed by atoms with Gasteiger partial charge >= 0.3 is 6.09 Å². The van der Waals surface area contributed by atoms with Gasteiger partial charge in [-0.25, -0.2) is 4.79 Å². The van der Waals surface area contributed by atoms with Crippen molar-refractivity contribution in [2.45, 2.75) is 64.4 Å². The Morgan fingerprint density at radius 3 is 2.11 bits per heavy atom. The quantitative estimate of drug-likeness (QED) is 0.759. The molecule has 2 unspecified atom stereocenters. The summed E-state index contributed by atoms with van der Waals surface area (Å²) in [6.07, 6.45) is 8.73. The molecule has 3 nitrogen and oxygen atoms in total. The van der Waals surface area contributed by atoms with E-state index in [1.807, 2.05) is 4.90 Å². The van der Waals surface area contributed by atoms with Crippen LogP contribution in [0.5, 0.6) is 0 Å². The SMILES string of the molecule is CC(C)C1(OC(=O)N2CCC2)CC2CCCCC2C1. The summed E-state index contributed by atoms with van der Waals surface area (Å²) in [7, 11) is 0. The lowest BCUT2D eigenvalue weighted by Gasteiger charge is -2.38. The van der Waals surface area contributed by atoms with Crippen LogP contribution >= 0.6 is 0 Å². The van der Waals surface area contributed by atoms with E-state index in [1.165, 1.54) is 25.7 Å². The first-order chi connectivity index (χ1) is 9.11. The van der Waals surface area contributed by atoms with Crippen molar-refractivity contribution in [3.8, 4) is 0 Å². The van der Waals surface area contributed by atoms with Gasteiger partial charge in [-0.05, 0) is 37.0 Å². The minimum atomic E-state index is -0.174. The first-order valence-corrected chi connectivity index (χ1v) is 8.09. The highest BCUT2D eigenvalue weighted by atomic mass is 16.6. The summed E-state index contributed by atoms with van der Waals surface area (Å²) in [5.41, 5.74) is -0.174. The van der Waals surface area contributed by atoms with Crippen LogP contribution in [0.15, 0.2) is 0 Å². The Balaban J connectivity index is 1.70. The summed E-state index contributed by atoms with van der Waals surface area (Å²) in [6.45, 7) is 6.22. The molecule has 2 aliphatic carbocycles. The number of hydrogen-bond acceptors (Lipinski definition) is 2. The summed E-state index contributed by atoms with van der Waals surface area (Å²) in [6, 6.07) is 0. The third-order valence-electron chi connectivity index (χ3n) is 5.74. The zero-order valence-electron chi connectivity index (χ0n) is 12.4. The lowest BCUT2D eigenvalue weighted by atomic mass is 9.82. The molecule has 19 heavy (non-hydrogen) atoms. The molecule has 0 spiro atoms. The number of ether oxygens (including phenoxy) is 1. The molecule has 0 bridgehead atoms. The topological polar surface area (TPSA) is 29.5 Å². The second-order valence-corrected chi connectivity index (χ2v) is 7.14. The Kier molecular flexibility index (Phi) is 3.48.